The third kappa shape index (κ3) is 2.53. The van der Waals surface area contributed by atoms with Gasteiger partial charge in [-0.05, 0) is 55.3 Å². The Kier molecular flexibility index (Phi) is 3.93. The minimum absolute atomic E-state index is 0.337. The predicted molar refractivity (Wildman–Crippen MR) is 124 cm³/mol. The lowest BCUT2D eigenvalue weighted by atomic mass is 9.77. The Morgan fingerprint density at radius 1 is 0.750 bits per heavy atom. The summed E-state index contributed by atoms with van der Waals surface area (Å²) in [5.41, 5.74) is 6.06. The van der Waals surface area contributed by atoms with E-state index in [9.17, 15) is 4.79 Å². The van der Waals surface area contributed by atoms with Gasteiger partial charge >= 0.3 is 5.97 Å². The van der Waals surface area contributed by atoms with E-state index in [1.165, 1.54) is 0 Å². The van der Waals surface area contributed by atoms with Crippen molar-refractivity contribution in [3.8, 4) is 11.5 Å². The van der Waals surface area contributed by atoms with Gasteiger partial charge < -0.3 is 14.8 Å². The Morgan fingerprint density at radius 3 is 2.16 bits per heavy atom. The van der Waals surface area contributed by atoms with Crippen LogP contribution in [0.1, 0.15) is 38.2 Å². The smallest absolute Gasteiger partial charge is 0.340 e. The summed E-state index contributed by atoms with van der Waals surface area (Å²) in [6.07, 6.45) is 0. The third-order valence-corrected chi connectivity index (χ3v) is 6.30. The van der Waals surface area contributed by atoms with Crippen LogP contribution in [-0.2, 0) is 10.3 Å². The van der Waals surface area contributed by atoms with Crippen LogP contribution < -0.4 is 10.1 Å². The van der Waals surface area contributed by atoms with Crippen LogP contribution in [0.5, 0.6) is 11.5 Å². The first-order chi connectivity index (χ1) is 15.6. The van der Waals surface area contributed by atoms with Crippen molar-refractivity contribution >= 4 is 17.3 Å². The lowest BCUT2D eigenvalue weighted by Crippen LogP contribution is -2.33. The van der Waals surface area contributed by atoms with Crippen molar-refractivity contribution in [2.75, 3.05) is 5.32 Å². The number of carbonyl (C=O) groups is 1. The van der Waals surface area contributed by atoms with Crippen LogP contribution in [0, 0.1) is 13.8 Å². The zero-order valence-corrected chi connectivity index (χ0v) is 17.8. The summed E-state index contributed by atoms with van der Waals surface area (Å²) in [7, 11) is 0. The van der Waals surface area contributed by atoms with Crippen molar-refractivity contribution in [1.29, 1.82) is 0 Å². The summed E-state index contributed by atoms with van der Waals surface area (Å²) in [5.74, 6) is 1.04. The summed E-state index contributed by atoms with van der Waals surface area (Å²) < 4.78 is 12.5. The number of fused-ring (bicyclic) bond motifs is 6. The maximum Gasteiger partial charge on any atom is 0.340 e. The summed E-state index contributed by atoms with van der Waals surface area (Å²) >= 11 is 0. The van der Waals surface area contributed by atoms with E-state index < -0.39 is 5.60 Å². The molecule has 4 heteroatoms. The zero-order chi connectivity index (χ0) is 21.9. The highest BCUT2D eigenvalue weighted by molar-refractivity contribution is 5.99. The van der Waals surface area contributed by atoms with Crippen LogP contribution in [-0.4, -0.2) is 5.97 Å². The Morgan fingerprint density at radius 2 is 1.44 bits per heavy atom. The first-order valence-electron chi connectivity index (χ1n) is 10.7. The lowest BCUT2D eigenvalue weighted by Gasteiger charge is -2.37. The van der Waals surface area contributed by atoms with Gasteiger partial charge in [-0.15, -0.1) is 0 Å². The summed E-state index contributed by atoms with van der Waals surface area (Å²) in [4.78, 5) is 13.2. The van der Waals surface area contributed by atoms with Crippen LogP contribution in [0.25, 0.3) is 0 Å². The van der Waals surface area contributed by atoms with Gasteiger partial charge in [0, 0.05) is 28.1 Å². The highest BCUT2D eigenvalue weighted by Crippen LogP contribution is 2.57. The van der Waals surface area contributed by atoms with Crippen molar-refractivity contribution in [3.05, 3.63) is 118 Å². The number of rotatable bonds is 2. The summed E-state index contributed by atoms with van der Waals surface area (Å²) in [6, 6.07) is 27.6. The SMILES string of the molecule is Cc1ccc(C)c(Nc2cccc3c2C2(OC3=O)c3ccccc3Oc3ccccc32)c1. The number of nitrogens with one attached hydrogen (secondary N) is 1. The molecule has 0 bridgehead atoms. The molecule has 2 aliphatic rings. The number of hydrogen-bond donors (Lipinski definition) is 1. The maximum absolute atomic E-state index is 13.2. The van der Waals surface area contributed by atoms with Crippen LogP contribution >= 0.6 is 0 Å². The highest BCUT2D eigenvalue weighted by Gasteiger charge is 2.54. The topological polar surface area (TPSA) is 47.6 Å². The average Bonchev–Trinajstić information content (AvgIpc) is 3.10. The third-order valence-electron chi connectivity index (χ3n) is 6.30. The molecule has 1 spiro atoms. The van der Waals surface area contributed by atoms with Crippen LogP contribution in [0.15, 0.2) is 84.9 Å². The minimum Gasteiger partial charge on any atom is -0.456 e. The second-order valence-corrected chi connectivity index (χ2v) is 8.34. The largest absolute Gasteiger partial charge is 0.456 e. The molecule has 0 saturated heterocycles. The van der Waals surface area contributed by atoms with Gasteiger partial charge in [0.15, 0.2) is 5.60 Å². The fourth-order valence-corrected chi connectivity index (χ4v) is 4.80. The van der Waals surface area contributed by atoms with Gasteiger partial charge in [0.25, 0.3) is 0 Å². The Hall–Kier alpha value is -4.05. The van der Waals surface area contributed by atoms with E-state index in [0.717, 1.165) is 39.2 Å². The van der Waals surface area contributed by atoms with Gasteiger partial charge in [-0.3, -0.25) is 0 Å². The van der Waals surface area contributed by atoms with E-state index in [-0.39, 0.29) is 5.97 Å². The Balaban J connectivity index is 1.65. The van der Waals surface area contributed by atoms with Crippen molar-refractivity contribution in [2.45, 2.75) is 19.4 Å². The number of hydrogen-bond acceptors (Lipinski definition) is 4. The number of esters is 1. The fourth-order valence-electron chi connectivity index (χ4n) is 4.80. The molecule has 0 amide bonds. The van der Waals surface area contributed by atoms with E-state index in [0.29, 0.717) is 17.1 Å². The van der Waals surface area contributed by atoms with E-state index in [2.05, 4.69) is 37.4 Å². The Bertz CT molecular complexity index is 1360. The molecular weight excluding hydrogens is 398 g/mol. The van der Waals surface area contributed by atoms with E-state index in [1.807, 2.05) is 66.7 Å². The molecule has 4 nitrogen and oxygen atoms in total. The van der Waals surface area contributed by atoms with Gasteiger partial charge in [0.05, 0.1) is 5.56 Å². The van der Waals surface area contributed by atoms with E-state index in [4.69, 9.17) is 9.47 Å². The summed E-state index contributed by atoms with van der Waals surface area (Å²) in [5, 5.41) is 3.59. The molecule has 156 valence electrons. The normalized spacial score (nSPS) is 14.8. The van der Waals surface area contributed by atoms with Gasteiger partial charge in [0.2, 0.25) is 0 Å². The molecule has 0 aliphatic carbocycles. The van der Waals surface area contributed by atoms with Crippen molar-refractivity contribution in [1.82, 2.24) is 0 Å². The van der Waals surface area contributed by atoms with Gasteiger partial charge in [-0.1, -0.05) is 54.6 Å². The molecule has 6 rings (SSSR count). The maximum atomic E-state index is 13.2. The van der Waals surface area contributed by atoms with Gasteiger partial charge in [0.1, 0.15) is 11.5 Å². The number of anilines is 2. The first-order valence-corrected chi connectivity index (χ1v) is 10.7. The number of ether oxygens (including phenoxy) is 2. The quantitative estimate of drug-likeness (QED) is 0.371. The highest BCUT2D eigenvalue weighted by atomic mass is 16.6. The van der Waals surface area contributed by atoms with Crippen molar-refractivity contribution in [2.24, 2.45) is 0 Å². The Labute approximate surface area is 186 Å². The van der Waals surface area contributed by atoms with Crippen molar-refractivity contribution in [3.63, 3.8) is 0 Å². The molecular formula is C28H21NO3. The number of carbonyl (C=O) groups excluding carboxylic acids is 1. The van der Waals surface area contributed by atoms with Crippen LogP contribution in [0.3, 0.4) is 0 Å². The molecule has 0 aromatic heterocycles. The molecule has 2 heterocycles. The molecule has 0 atom stereocenters. The molecule has 2 aliphatic heterocycles. The molecule has 0 radical (unpaired) electrons. The molecule has 4 aromatic carbocycles. The van der Waals surface area contributed by atoms with Crippen LogP contribution in [0.2, 0.25) is 0 Å². The molecule has 1 N–H and O–H groups in total. The van der Waals surface area contributed by atoms with E-state index in [1.54, 1.807) is 0 Å². The van der Waals surface area contributed by atoms with Crippen molar-refractivity contribution < 1.29 is 14.3 Å². The fraction of sp³-hybridized carbons (Fsp3) is 0.107. The second kappa shape index (κ2) is 6.72. The minimum atomic E-state index is -1.08. The second-order valence-electron chi connectivity index (χ2n) is 8.34. The number of para-hydroxylation sites is 2. The van der Waals surface area contributed by atoms with E-state index >= 15 is 0 Å². The molecule has 32 heavy (non-hydrogen) atoms. The van der Waals surface area contributed by atoms with Gasteiger partial charge in [-0.2, -0.15) is 0 Å². The van der Waals surface area contributed by atoms with Crippen LogP contribution in [0.4, 0.5) is 11.4 Å². The standard InChI is InChI=1S/C28H21NO3/c1-17-14-15-18(2)23(16-17)29-22-11-7-8-19-26(22)28(32-27(19)30)20-9-3-5-12-24(20)31-25-13-6-4-10-21(25)28/h3-16,29H,1-2H3. The molecule has 0 unspecified atom stereocenters. The van der Waals surface area contributed by atoms with Gasteiger partial charge in [-0.25, -0.2) is 4.79 Å². The monoisotopic (exact) mass is 419 g/mol. The number of aryl methyl sites for hydroxylation is 2. The molecule has 0 fully saturated rings. The number of benzene rings is 4. The molecule has 0 saturated carbocycles. The predicted octanol–water partition coefficient (Wildman–Crippen LogP) is 6.62. The first kappa shape index (κ1) is 18.7. The molecule has 4 aromatic rings. The zero-order valence-electron chi connectivity index (χ0n) is 17.8. The average molecular weight is 419 g/mol. The lowest BCUT2D eigenvalue weighted by molar-refractivity contribution is 0.0226. The summed E-state index contributed by atoms with van der Waals surface area (Å²) in [6.45, 7) is 4.14.